The van der Waals surface area contributed by atoms with Gasteiger partial charge in [0, 0.05) is 38.3 Å². The Morgan fingerprint density at radius 2 is 1.90 bits per heavy atom. The van der Waals surface area contributed by atoms with Crippen LogP contribution in [0.25, 0.3) is 0 Å². The fourth-order valence-electron chi connectivity index (χ4n) is 4.67. The third kappa shape index (κ3) is 5.27. The van der Waals surface area contributed by atoms with Gasteiger partial charge < -0.3 is 16.0 Å². The second kappa shape index (κ2) is 9.89. The quantitative estimate of drug-likeness (QED) is 0.761. The van der Waals surface area contributed by atoms with Crippen molar-refractivity contribution in [3.63, 3.8) is 0 Å². The molecule has 30 heavy (non-hydrogen) atoms. The Hall–Kier alpha value is -2.67. The highest BCUT2D eigenvalue weighted by molar-refractivity contribution is 5.79. The molecule has 0 radical (unpaired) electrons. The molecule has 3 N–H and O–H groups in total. The van der Waals surface area contributed by atoms with Crippen molar-refractivity contribution < 1.29 is 4.79 Å². The monoisotopic (exact) mass is 408 g/mol. The number of nitrogen functional groups attached to an aromatic ring is 1. The maximum absolute atomic E-state index is 12.7. The number of nitrogens with one attached hydrogen (secondary N) is 1. The molecule has 3 heterocycles. The molecule has 0 bridgehead atoms. The average Bonchev–Trinajstić information content (AvgIpc) is 2.80. The van der Waals surface area contributed by atoms with Gasteiger partial charge in [0.05, 0.1) is 5.92 Å². The van der Waals surface area contributed by atoms with Crippen molar-refractivity contribution in [1.29, 1.82) is 0 Å². The Balaban J connectivity index is 1.23. The number of anilines is 2. The van der Waals surface area contributed by atoms with Crippen LogP contribution in [0.1, 0.15) is 31.2 Å². The predicted molar refractivity (Wildman–Crippen MR) is 119 cm³/mol. The largest absolute Gasteiger partial charge is 0.384 e. The van der Waals surface area contributed by atoms with Gasteiger partial charge in [0.25, 0.3) is 0 Å². The first-order chi connectivity index (χ1) is 14.7. The lowest BCUT2D eigenvalue weighted by atomic mass is 9.93. The Kier molecular flexibility index (Phi) is 6.79. The van der Waals surface area contributed by atoms with Crippen molar-refractivity contribution >= 4 is 17.5 Å². The van der Waals surface area contributed by atoms with Crippen LogP contribution < -0.4 is 16.0 Å². The summed E-state index contributed by atoms with van der Waals surface area (Å²) in [5.74, 6) is 1.74. The minimum Gasteiger partial charge on any atom is -0.384 e. The number of nitrogens with zero attached hydrogens (tertiary/aromatic N) is 4. The molecule has 7 heteroatoms. The van der Waals surface area contributed by atoms with Gasteiger partial charge >= 0.3 is 0 Å². The molecule has 4 rings (SSSR count). The molecule has 1 unspecified atom stereocenters. The molecular formula is C23H32N6O. The molecule has 0 spiro atoms. The van der Waals surface area contributed by atoms with Crippen molar-refractivity contribution in [3.8, 4) is 0 Å². The zero-order valence-electron chi connectivity index (χ0n) is 17.5. The van der Waals surface area contributed by atoms with Gasteiger partial charge in [0.1, 0.15) is 18.0 Å². The summed E-state index contributed by atoms with van der Waals surface area (Å²) in [7, 11) is 0. The van der Waals surface area contributed by atoms with Crippen LogP contribution in [0.2, 0.25) is 0 Å². The van der Waals surface area contributed by atoms with Crippen molar-refractivity contribution in [2.75, 3.05) is 43.4 Å². The van der Waals surface area contributed by atoms with E-state index in [1.165, 1.54) is 11.9 Å². The van der Waals surface area contributed by atoms with Gasteiger partial charge in [0.2, 0.25) is 5.91 Å². The molecule has 0 saturated carbocycles. The number of benzene rings is 1. The Morgan fingerprint density at radius 3 is 2.67 bits per heavy atom. The minimum absolute atomic E-state index is 0.106. The number of aromatic nitrogens is 2. The molecule has 1 amide bonds. The van der Waals surface area contributed by atoms with Crippen LogP contribution in [-0.4, -0.2) is 59.5 Å². The number of rotatable bonds is 6. The Morgan fingerprint density at radius 1 is 1.10 bits per heavy atom. The van der Waals surface area contributed by atoms with Gasteiger partial charge in [-0.15, -0.1) is 0 Å². The fraction of sp³-hybridized carbons (Fsp3) is 0.522. The van der Waals surface area contributed by atoms with E-state index in [4.69, 9.17) is 5.73 Å². The van der Waals surface area contributed by atoms with E-state index in [2.05, 4.69) is 37.2 Å². The molecule has 7 nitrogen and oxygen atoms in total. The van der Waals surface area contributed by atoms with E-state index in [1.807, 2.05) is 24.3 Å². The summed E-state index contributed by atoms with van der Waals surface area (Å²) >= 11 is 0. The normalized spacial score (nSPS) is 20.8. The van der Waals surface area contributed by atoms with Crippen LogP contribution in [0.5, 0.6) is 0 Å². The highest BCUT2D eigenvalue weighted by atomic mass is 16.1. The summed E-state index contributed by atoms with van der Waals surface area (Å²) in [5.41, 5.74) is 7.06. The molecule has 2 aromatic rings. The molecule has 1 aromatic carbocycles. The molecule has 2 aliphatic rings. The Bertz CT molecular complexity index is 821. The molecule has 1 atom stereocenters. The summed E-state index contributed by atoms with van der Waals surface area (Å²) in [4.78, 5) is 25.9. The smallest absolute Gasteiger partial charge is 0.224 e. The van der Waals surface area contributed by atoms with Crippen molar-refractivity contribution in [3.05, 3.63) is 48.3 Å². The summed E-state index contributed by atoms with van der Waals surface area (Å²) in [6.45, 7) is 4.61. The van der Waals surface area contributed by atoms with Crippen LogP contribution in [0.15, 0.2) is 42.7 Å². The maximum atomic E-state index is 12.7. The number of piperidine rings is 2. The highest BCUT2D eigenvalue weighted by Gasteiger charge is 2.31. The van der Waals surface area contributed by atoms with Crippen molar-refractivity contribution in [2.45, 2.75) is 38.1 Å². The maximum Gasteiger partial charge on any atom is 0.224 e. The SMILES string of the molecule is Nc1cc(N2CCC(N3CCCC(C(=O)NCCc4ccccc4)C3)CC2)ncn1. The van der Waals surface area contributed by atoms with E-state index in [0.717, 1.165) is 64.1 Å². The van der Waals surface area contributed by atoms with Crippen LogP contribution in [0.3, 0.4) is 0 Å². The second-order valence-corrected chi connectivity index (χ2v) is 8.38. The predicted octanol–water partition coefficient (Wildman–Crippen LogP) is 2.10. The third-order valence-electron chi connectivity index (χ3n) is 6.36. The van der Waals surface area contributed by atoms with Gasteiger partial charge in [-0.3, -0.25) is 9.69 Å². The van der Waals surface area contributed by atoms with Crippen LogP contribution >= 0.6 is 0 Å². The third-order valence-corrected chi connectivity index (χ3v) is 6.36. The van der Waals surface area contributed by atoms with E-state index in [-0.39, 0.29) is 11.8 Å². The van der Waals surface area contributed by atoms with Crippen molar-refractivity contribution in [1.82, 2.24) is 20.2 Å². The van der Waals surface area contributed by atoms with E-state index in [1.54, 1.807) is 0 Å². The van der Waals surface area contributed by atoms with E-state index < -0.39 is 0 Å². The zero-order valence-corrected chi connectivity index (χ0v) is 17.5. The fourth-order valence-corrected chi connectivity index (χ4v) is 4.67. The summed E-state index contributed by atoms with van der Waals surface area (Å²) in [6, 6.07) is 12.7. The van der Waals surface area contributed by atoms with Gasteiger partial charge in [0.15, 0.2) is 0 Å². The first-order valence-electron chi connectivity index (χ1n) is 11.1. The number of carbonyl (C=O) groups excluding carboxylic acids is 1. The standard InChI is InChI=1S/C23H32N6O/c24-21-15-22(27-17-26-21)28-13-9-20(10-14-28)29-12-4-7-19(16-29)23(30)25-11-8-18-5-2-1-3-6-18/h1-3,5-6,15,17,19-20H,4,7-14,16H2,(H,25,30)(H2,24,26,27). The summed E-state index contributed by atoms with van der Waals surface area (Å²) < 4.78 is 0. The van der Waals surface area contributed by atoms with Gasteiger partial charge in [-0.2, -0.15) is 0 Å². The van der Waals surface area contributed by atoms with Crippen LogP contribution in [0, 0.1) is 5.92 Å². The highest BCUT2D eigenvalue weighted by Crippen LogP contribution is 2.26. The molecular weight excluding hydrogens is 376 g/mol. The van der Waals surface area contributed by atoms with Crippen LogP contribution in [0.4, 0.5) is 11.6 Å². The van der Waals surface area contributed by atoms with Crippen molar-refractivity contribution in [2.24, 2.45) is 5.92 Å². The summed E-state index contributed by atoms with van der Waals surface area (Å²) in [6.07, 6.45) is 6.68. The van der Waals surface area contributed by atoms with E-state index in [9.17, 15) is 4.79 Å². The first kappa shape index (κ1) is 20.6. The number of hydrogen-bond donors (Lipinski definition) is 2. The molecule has 2 aliphatic heterocycles. The van der Waals surface area contributed by atoms with Gasteiger partial charge in [-0.25, -0.2) is 9.97 Å². The lowest BCUT2D eigenvalue weighted by Gasteiger charge is -2.42. The lowest BCUT2D eigenvalue weighted by Crippen LogP contribution is -2.51. The van der Waals surface area contributed by atoms with E-state index >= 15 is 0 Å². The van der Waals surface area contributed by atoms with Gasteiger partial charge in [-0.05, 0) is 44.2 Å². The second-order valence-electron chi connectivity index (χ2n) is 8.38. The molecule has 0 aliphatic carbocycles. The molecule has 160 valence electrons. The molecule has 2 fully saturated rings. The number of hydrogen-bond acceptors (Lipinski definition) is 6. The number of amides is 1. The molecule has 2 saturated heterocycles. The number of likely N-dealkylation sites (tertiary alicyclic amines) is 1. The average molecular weight is 409 g/mol. The van der Waals surface area contributed by atoms with Gasteiger partial charge in [-0.1, -0.05) is 30.3 Å². The molecule has 1 aromatic heterocycles. The number of carbonyl (C=O) groups is 1. The zero-order chi connectivity index (χ0) is 20.8. The Labute approximate surface area is 178 Å². The lowest BCUT2D eigenvalue weighted by molar-refractivity contribution is -0.127. The minimum atomic E-state index is 0.106. The van der Waals surface area contributed by atoms with Crippen LogP contribution in [-0.2, 0) is 11.2 Å². The topological polar surface area (TPSA) is 87.4 Å². The number of nitrogens with two attached hydrogens (primary N) is 1. The van der Waals surface area contributed by atoms with E-state index in [0.29, 0.717) is 18.4 Å². The first-order valence-corrected chi connectivity index (χ1v) is 11.1. The summed E-state index contributed by atoms with van der Waals surface area (Å²) in [5, 5.41) is 3.16.